The number of ether oxygens (including phenoxy) is 1. The van der Waals surface area contributed by atoms with Crippen molar-refractivity contribution in [3.63, 3.8) is 0 Å². The Morgan fingerprint density at radius 1 is 1.15 bits per heavy atom. The molecule has 39 heavy (non-hydrogen) atoms. The van der Waals surface area contributed by atoms with E-state index >= 15 is 0 Å². The van der Waals surface area contributed by atoms with Crippen LogP contribution in [0, 0.1) is 0 Å². The number of nitrogens with one attached hydrogen (secondary N) is 2. The molecule has 3 fully saturated rings. The van der Waals surface area contributed by atoms with Crippen LogP contribution >= 0.6 is 22.9 Å². The molecule has 5 rings (SSSR count). The molecule has 0 spiro atoms. The molecule has 2 heterocycles. The first-order valence-corrected chi connectivity index (χ1v) is 14.0. The van der Waals surface area contributed by atoms with Crippen molar-refractivity contribution in [2.24, 2.45) is 0 Å². The van der Waals surface area contributed by atoms with Crippen LogP contribution in [-0.2, 0) is 20.5 Å². The molecule has 8 nitrogen and oxygen atoms in total. The second-order valence-corrected chi connectivity index (χ2v) is 11.6. The molecule has 0 bridgehead atoms. The number of alkyl halides is 3. The van der Waals surface area contributed by atoms with Gasteiger partial charge < -0.3 is 20.3 Å². The monoisotopic (exact) mass is 584 g/mol. The number of amides is 3. The first kappa shape index (κ1) is 27.9. The molecule has 2 N–H and O–H groups in total. The van der Waals surface area contributed by atoms with E-state index in [0.29, 0.717) is 9.21 Å². The van der Waals surface area contributed by atoms with Crippen LogP contribution in [0.3, 0.4) is 0 Å². The van der Waals surface area contributed by atoms with Gasteiger partial charge in [-0.2, -0.15) is 13.2 Å². The van der Waals surface area contributed by atoms with E-state index in [1.807, 2.05) is 0 Å². The van der Waals surface area contributed by atoms with Gasteiger partial charge in [-0.3, -0.25) is 19.3 Å². The van der Waals surface area contributed by atoms with Crippen LogP contribution in [0.15, 0.2) is 30.3 Å². The molecule has 1 aromatic heterocycles. The minimum absolute atomic E-state index is 0.0606. The molecule has 1 saturated heterocycles. The lowest BCUT2D eigenvalue weighted by Crippen LogP contribution is -2.57. The number of hydrogen-bond acceptors (Lipinski definition) is 6. The van der Waals surface area contributed by atoms with Crippen molar-refractivity contribution in [3.05, 3.63) is 45.1 Å². The number of rotatable bonds is 9. The van der Waals surface area contributed by atoms with E-state index in [4.69, 9.17) is 16.3 Å². The van der Waals surface area contributed by atoms with Crippen LogP contribution in [0.4, 0.5) is 24.5 Å². The standard InChI is InChI=1S/C26H28ClF3N4O4S/c27-22-9-8-21(39-22)25(37)31-13-20(34(16-4-5-16)15-2-1-3-15)24(36)32-19-7-6-17(12-18(19)26(28,29)30)33-10-11-38-14-23(33)35/h6-9,12,15-16,20H,1-5,10-11,13-14H2,(H,31,37)(H,32,36)/t20-/m0/s1. The predicted octanol–water partition coefficient (Wildman–Crippen LogP) is 4.54. The first-order valence-electron chi connectivity index (χ1n) is 12.8. The SMILES string of the molecule is O=C(NC[C@@H](C(=O)Nc1ccc(N2CCOCC2=O)cc1C(F)(F)F)N(C1CCC1)C1CC1)c1ccc(Cl)s1. The number of anilines is 2. The van der Waals surface area contributed by atoms with Crippen LogP contribution in [-0.4, -0.2) is 67.1 Å². The zero-order valence-corrected chi connectivity index (χ0v) is 22.5. The van der Waals surface area contributed by atoms with Crippen LogP contribution < -0.4 is 15.5 Å². The molecule has 210 valence electrons. The zero-order chi connectivity index (χ0) is 27.7. The molecule has 2 aliphatic carbocycles. The number of morpholine rings is 1. The Kier molecular flexibility index (Phi) is 8.18. The summed E-state index contributed by atoms with van der Waals surface area (Å²) in [6.45, 7) is 0.0869. The molecule has 0 radical (unpaired) electrons. The first-order chi connectivity index (χ1) is 18.6. The van der Waals surface area contributed by atoms with Gasteiger partial charge in [0.05, 0.1) is 27.1 Å². The molecule has 2 aromatic rings. The topological polar surface area (TPSA) is 91.0 Å². The maximum absolute atomic E-state index is 14.1. The third-order valence-electron chi connectivity index (χ3n) is 7.24. The highest BCUT2D eigenvalue weighted by molar-refractivity contribution is 7.18. The number of carbonyl (C=O) groups is 3. The highest BCUT2D eigenvalue weighted by Gasteiger charge is 2.44. The van der Waals surface area contributed by atoms with Crippen LogP contribution in [0.5, 0.6) is 0 Å². The number of benzene rings is 1. The summed E-state index contributed by atoms with van der Waals surface area (Å²) in [6, 6.07) is 6.04. The van der Waals surface area contributed by atoms with Gasteiger partial charge in [-0.15, -0.1) is 11.3 Å². The number of thiophene rings is 1. The molecule has 1 aliphatic heterocycles. The molecule has 1 aromatic carbocycles. The summed E-state index contributed by atoms with van der Waals surface area (Å²) in [4.78, 5) is 42.2. The van der Waals surface area contributed by atoms with E-state index < -0.39 is 41.2 Å². The van der Waals surface area contributed by atoms with Crippen LogP contribution in [0.1, 0.15) is 47.3 Å². The lowest BCUT2D eigenvalue weighted by Gasteiger charge is -2.42. The van der Waals surface area contributed by atoms with Crippen LogP contribution in [0.25, 0.3) is 0 Å². The van der Waals surface area contributed by atoms with Crippen molar-refractivity contribution in [2.75, 3.05) is 36.5 Å². The number of hydrogen-bond donors (Lipinski definition) is 2. The molecule has 3 amide bonds. The lowest BCUT2D eigenvalue weighted by atomic mass is 9.89. The summed E-state index contributed by atoms with van der Waals surface area (Å²) in [5.41, 5.74) is -1.37. The van der Waals surface area contributed by atoms with Crippen molar-refractivity contribution in [2.45, 2.75) is 56.4 Å². The fourth-order valence-electron chi connectivity index (χ4n) is 4.96. The summed E-state index contributed by atoms with van der Waals surface area (Å²) in [7, 11) is 0. The summed E-state index contributed by atoms with van der Waals surface area (Å²) in [6.07, 6.45) is -0.187. The molecule has 3 aliphatic rings. The summed E-state index contributed by atoms with van der Waals surface area (Å²) >= 11 is 7.05. The van der Waals surface area contributed by atoms with E-state index in [0.717, 1.165) is 49.5 Å². The summed E-state index contributed by atoms with van der Waals surface area (Å²) in [5, 5.41) is 5.27. The highest BCUT2D eigenvalue weighted by Crippen LogP contribution is 2.40. The van der Waals surface area contributed by atoms with Gasteiger partial charge in [-0.25, -0.2) is 0 Å². The molecule has 2 saturated carbocycles. The Balaban J connectivity index is 1.39. The fraction of sp³-hybridized carbons (Fsp3) is 0.500. The third kappa shape index (κ3) is 6.40. The Morgan fingerprint density at radius 2 is 1.90 bits per heavy atom. The van der Waals surface area contributed by atoms with Gasteiger partial charge in [0.25, 0.3) is 11.8 Å². The Hall–Kier alpha value is -2.67. The van der Waals surface area contributed by atoms with E-state index in [1.165, 1.54) is 17.0 Å². The minimum atomic E-state index is -4.78. The number of nitrogens with zero attached hydrogens (tertiary/aromatic N) is 2. The van der Waals surface area contributed by atoms with Crippen molar-refractivity contribution >= 4 is 52.0 Å². The maximum atomic E-state index is 14.1. The zero-order valence-electron chi connectivity index (χ0n) is 20.9. The van der Waals surface area contributed by atoms with Gasteiger partial charge in [0.15, 0.2) is 0 Å². The maximum Gasteiger partial charge on any atom is 0.418 e. The van der Waals surface area contributed by atoms with Crippen molar-refractivity contribution in [1.82, 2.24) is 10.2 Å². The predicted molar refractivity (Wildman–Crippen MR) is 141 cm³/mol. The Bertz CT molecular complexity index is 1250. The molecule has 1 atom stereocenters. The largest absolute Gasteiger partial charge is 0.418 e. The van der Waals surface area contributed by atoms with E-state index in [1.54, 1.807) is 12.1 Å². The molecule has 0 unspecified atom stereocenters. The average molecular weight is 585 g/mol. The van der Waals surface area contributed by atoms with Crippen LogP contribution in [0.2, 0.25) is 4.34 Å². The lowest BCUT2D eigenvalue weighted by molar-refractivity contribution is -0.137. The van der Waals surface area contributed by atoms with Gasteiger partial charge in [0.2, 0.25) is 5.91 Å². The average Bonchev–Trinajstić information content (AvgIpc) is 3.61. The quantitative estimate of drug-likeness (QED) is 0.452. The molecular weight excluding hydrogens is 557 g/mol. The van der Waals surface area contributed by atoms with E-state index in [9.17, 15) is 27.6 Å². The molecular formula is C26H28ClF3N4O4S. The normalized spacial score (nSPS) is 19.1. The number of halogens is 4. The van der Waals surface area contributed by atoms with Crippen molar-refractivity contribution in [1.29, 1.82) is 0 Å². The van der Waals surface area contributed by atoms with Gasteiger partial charge >= 0.3 is 6.18 Å². The Labute approximate surface area is 232 Å². The smallest absolute Gasteiger partial charge is 0.370 e. The number of carbonyl (C=O) groups excluding carboxylic acids is 3. The van der Waals surface area contributed by atoms with E-state index in [-0.39, 0.29) is 44.1 Å². The molecule has 13 heteroatoms. The van der Waals surface area contributed by atoms with Crippen molar-refractivity contribution < 1.29 is 32.3 Å². The Morgan fingerprint density at radius 3 is 2.49 bits per heavy atom. The second kappa shape index (κ2) is 11.4. The highest BCUT2D eigenvalue weighted by atomic mass is 35.5. The van der Waals surface area contributed by atoms with Gasteiger partial charge in [-0.1, -0.05) is 18.0 Å². The van der Waals surface area contributed by atoms with Crippen molar-refractivity contribution in [3.8, 4) is 0 Å². The van der Waals surface area contributed by atoms with E-state index in [2.05, 4.69) is 15.5 Å². The second-order valence-electron chi connectivity index (χ2n) is 9.91. The fourth-order valence-corrected chi connectivity index (χ4v) is 5.92. The van der Waals surface area contributed by atoms with Gasteiger partial charge in [0, 0.05) is 30.9 Å². The van der Waals surface area contributed by atoms with Gasteiger partial charge in [-0.05, 0) is 56.0 Å². The minimum Gasteiger partial charge on any atom is -0.370 e. The summed E-state index contributed by atoms with van der Waals surface area (Å²) in [5.74, 6) is -1.46. The third-order valence-corrected chi connectivity index (χ3v) is 8.47. The van der Waals surface area contributed by atoms with Gasteiger partial charge in [0.1, 0.15) is 12.6 Å². The summed E-state index contributed by atoms with van der Waals surface area (Å²) < 4.78 is 47.9.